The van der Waals surface area contributed by atoms with Gasteiger partial charge in [-0.05, 0) is 94.7 Å². The van der Waals surface area contributed by atoms with Crippen LogP contribution >= 0.6 is 0 Å². The lowest BCUT2D eigenvalue weighted by atomic mass is 9.92. The number of ketones is 2. The molecule has 6 aromatic rings. The maximum Gasteiger partial charge on any atom is 0.289 e. The molecule has 1 unspecified atom stereocenters. The number of anilines is 2. The predicted molar refractivity (Wildman–Crippen MR) is 220 cm³/mol. The molecular formula is C44H45N9O7. The lowest BCUT2D eigenvalue weighted by Crippen LogP contribution is -2.47. The molecule has 3 amide bonds. The number of imide groups is 1. The van der Waals surface area contributed by atoms with E-state index in [-0.39, 0.29) is 49.6 Å². The summed E-state index contributed by atoms with van der Waals surface area (Å²) in [6.07, 6.45) is 3.31. The van der Waals surface area contributed by atoms with Gasteiger partial charge >= 0.3 is 0 Å². The van der Waals surface area contributed by atoms with Crippen molar-refractivity contribution in [1.29, 1.82) is 0 Å². The number of Topliss-reactive ketones (excluding diaryl/α,β-unsaturated/α-hetero) is 2. The van der Waals surface area contributed by atoms with E-state index in [0.29, 0.717) is 54.5 Å². The summed E-state index contributed by atoms with van der Waals surface area (Å²) in [5.74, 6) is 0.394. The Morgan fingerprint density at radius 2 is 1.82 bits per heavy atom. The molecule has 2 aromatic carbocycles. The number of carbonyl (C=O) groups is 5. The molecule has 2 aliphatic carbocycles. The van der Waals surface area contributed by atoms with E-state index in [4.69, 9.17) is 24.3 Å². The number of aromatic amines is 1. The fourth-order valence-corrected chi connectivity index (χ4v) is 8.54. The van der Waals surface area contributed by atoms with Crippen molar-refractivity contribution < 1.29 is 33.2 Å². The van der Waals surface area contributed by atoms with Crippen molar-refractivity contribution in [3.8, 4) is 11.1 Å². The normalized spacial score (nSPS) is 16.7. The molecule has 60 heavy (non-hydrogen) atoms. The molecule has 16 nitrogen and oxygen atoms in total. The zero-order valence-corrected chi connectivity index (χ0v) is 33.9. The summed E-state index contributed by atoms with van der Waals surface area (Å²) in [6, 6.07) is 10.4. The Morgan fingerprint density at radius 3 is 2.57 bits per heavy atom. The molecule has 0 spiro atoms. The predicted octanol–water partition coefficient (Wildman–Crippen LogP) is 6.19. The lowest BCUT2D eigenvalue weighted by Gasteiger charge is -2.27. The van der Waals surface area contributed by atoms with Crippen molar-refractivity contribution >= 4 is 62.9 Å². The van der Waals surface area contributed by atoms with Crippen LogP contribution in [0.5, 0.6) is 0 Å². The van der Waals surface area contributed by atoms with E-state index in [1.54, 1.807) is 18.2 Å². The number of rotatable bonds is 14. The van der Waals surface area contributed by atoms with Crippen LogP contribution in [-0.4, -0.2) is 89.9 Å². The summed E-state index contributed by atoms with van der Waals surface area (Å²) >= 11 is 0. The van der Waals surface area contributed by atoms with Gasteiger partial charge in [0.2, 0.25) is 5.82 Å². The first-order valence-corrected chi connectivity index (χ1v) is 20.5. The third-order valence-electron chi connectivity index (χ3n) is 11.7. The van der Waals surface area contributed by atoms with Gasteiger partial charge < -0.3 is 24.9 Å². The van der Waals surface area contributed by atoms with Crippen LogP contribution in [0.4, 0.5) is 11.6 Å². The van der Waals surface area contributed by atoms with E-state index < -0.39 is 29.5 Å². The Labute approximate surface area is 344 Å². The van der Waals surface area contributed by atoms with Gasteiger partial charge in [-0.3, -0.25) is 28.9 Å². The molecule has 1 atom stereocenters. The quantitative estimate of drug-likeness (QED) is 0.0639. The highest BCUT2D eigenvalue weighted by Gasteiger charge is 2.45. The van der Waals surface area contributed by atoms with E-state index in [1.165, 1.54) is 0 Å². The lowest BCUT2D eigenvalue weighted by molar-refractivity contribution is -0.132. The molecule has 3 aliphatic rings. The molecule has 0 radical (unpaired) electrons. The van der Waals surface area contributed by atoms with Gasteiger partial charge in [0.25, 0.3) is 17.7 Å². The molecule has 4 aromatic heterocycles. The van der Waals surface area contributed by atoms with Crippen LogP contribution in [0, 0.1) is 20.8 Å². The van der Waals surface area contributed by atoms with Crippen LogP contribution in [0.1, 0.15) is 111 Å². The molecule has 0 saturated heterocycles. The Bertz CT molecular complexity index is 2740. The molecule has 1 aliphatic heterocycles. The van der Waals surface area contributed by atoms with Crippen LogP contribution < -0.4 is 10.6 Å². The van der Waals surface area contributed by atoms with Gasteiger partial charge in [-0.15, -0.1) is 0 Å². The number of nitrogens with zero attached hydrogens (tertiary/aromatic N) is 6. The number of hydrogen-bond donors (Lipinski definition) is 3. The third-order valence-corrected chi connectivity index (χ3v) is 11.7. The first-order chi connectivity index (χ1) is 29.0. The summed E-state index contributed by atoms with van der Waals surface area (Å²) < 4.78 is 13.2. The fourth-order valence-electron chi connectivity index (χ4n) is 8.54. The zero-order chi connectivity index (χ0) is 41.8. The highest BCUT2D eigenvalue weighted by molar-refractivity contribution is 6.24. The second-order valence-electron chi connectivity index (χ2n) is 15.9. The van der Waals surface area contributed by atoms with Crippen molar-refractivity contribution in [2.24, 2.45) is 0 Å². The number of hydrogen-bond acceptors (Lipinski definition) is 12. The molecule has 9 rings (SSSR count). The minimum absolute atomic E-state index is 0.0167. The van der Waals surface area contributed by atoms with Crippen LogP contribution in [0.15, 0.2) is 40.9 Å². The molecule has 16 heteroatoms. The molecule has 3 N–H and O–H groups in total. The van der Waals surface area contributed by atoms with Gasteiger partial charge in [0.05, 0.1) is 47.0 Å². The van der Waals surface area contributed by atoms with E-state index in [0.717, 1.165) is 73.7 Å². The number of fused-ring (bicyclic) bond motifs is 4. The van der Waals surface area contributed by atoms with Crippen molar-refractivity contribution in [3.05, 3.63) is 81.6 Å². The number of benzene rings is 2. The van der Waals surface area contributed by atoms with Crippen LogP contribution in [0.2, 0.25) is 0 Å². The SMILES string of the molecule is CCn1nc(C2CC2)cc1Nc1nc(C(=O)NCCOCCCc2cccc3c2C(=O)N(C2CCC(=O)CC2=O)C3=O)nc2[nH]c3cc(-c4c(C)noc4C)c(C)cc3c12. The number of ether oxygens (including phenoxy) is 1. The number of aryl methyl sites for hydroxylation is 5. The molecular weight excluding hydrogens is 767 g/mol. The largest absolute Gasteiger partial charge is 0.380 e. The van der Waals surface area contributed by atoms with Crippen LogP contribution in [0.3, 0.4) is 0 Å². The third kappa shape index (κ3) is 7.03. The maximum atomic E-state index is 13.6. The highest BCUT2D eigenvalue weighted by Crippen LogP contribution is 2.41. The fraction of sp³-hybridized carbons (Fsp3) is 0.386. The zero-order valence-electron chi connectivity index (χ0n) is 33.9. The second-order valence-corrected chi connectivity index (χ2v) is 15.9. The van der Waals surface area contributed by atoms with E-state index in [2.05, 4.69) is 39.0 Å². The molecule has 0 bridgehead atoms. The Morgan fingerprint density at radius 1 is 0.983 bits per heavy atom. The van der Waals surface area contributed by atoms with Crippen molar-refractivity contribution in [1.82, 2.24) is 40.1 Å². The number of aromatic nitrogens is 6. The standard InChI is InChI=1S/C44H45N9O7/c1-5-52-35(21-31(50-52)25-11-12-25)47-40-38-30-18-22(2)29(36-23(3)51-60-24(36)4)20-32(30)46-39(38)48-41(49-40)42(56)45-15-17-59-16-7-9-26-8-6-10-28-37(26)44(58)53(43(28)57)33-14-13-27(54)19-34(33)55/h6,8,10,18,20-21,25,33H,5,7,9,11-17,19H2,1-4H3,(H,45,56)(H2,46,47,48,49). The summed E-state index contributed by atoms with van der Waals surface area (Å²) in [7, 11) is 0. The van der Waals surface area contributed by atoms with E-state index >= 15 is 0 Å². The molecule has 2 fully saturated rings. The van der Waals surface area contributed by atoms with Crippen LogP contribution in [0.25, 0.3) is 33.1 Å². The summed E-state index contributed by atoms with van der Waals surface area (Å²) in [5, 5.41) is 17.0. The first-order valence-electron chi connectivity index (χ1n) is 20.5. The molecule has 5 heterocycles. The molecule has 308 valence electrons. The first kappa shape index (κ1) is 38.9. The number of H-pyrrole nitrogens is 1. The summed E-state index contributed by atoms with van der Waals surface area (Å²) in [6.45, 7) is 9.30. The Kier molecular flexibility index (Phi) is 10.1. The van der Waals surface area contributed by atoms with Gasteiger partial charge in [-0.2, -0.15) is 5.10 Å². The van der Waals surface area contributed by atoms with Crippen molar-refractivity contribution in [2.45, 2.75) is 91.1 Å². The average molecular weight is 812 g/mol. The van der Waals surface area contributed by atoms with Crippen molar-refractivity contribution in [2.75, 3.05) is 25.1 Å². The van der Waals surface area contributed by atoms with Crippen molar-refractivity contribution in [3.63, 3.8) is 0 Å². The summed E-state index contributed by atoms with van der Waals surface area (Å²) in [5.41, 5.74) is 7.37. The highest BCUT2D eigenvalue weighted by atomic mass is 16.5. The number of carbonyl (C=O) groups excluding carboxylic acids is 5. The van der Waals surface area contributed by atoms with Gasteiger partial charge in [-0.1, -0.05) is 17.3 Å². The van der Waals surface area contributed by atoms with E-state index in [9.17, 15) is 24.0 Å². The Balaban J connectivity index is 0.882. The van der Waals surface area contributed by atoms with Gasteiger partial charge in [0.15, 0.2) is 5.78 Å². The van der Waals surface area contributed by atoms with Crippen LogP contribution in [-0.2, 0) is 27.3 Å². The number of nitrogens with one attached hydrogen (secondary N) is 3. The van der Waals surface area contributed by atoms with Gasteiger partial charge in [0, 0.05) is 54.6 Å². The summed E-state index contributed by atoms with van der Waals surface area (Å²) in [4.78, 5) is 78.6. The topological polar surface area (TPSA) is 207 Å². The maximum absolute atomic E-state index is 13.6. The second kappa shape index (κ2) is 15.6. The van der Waals surface area contributed by atoms with E-state index in [1.807, 2.05) is 32.4 Å². The van der Waals surface area contributed by atoms with Gasteiger partial charge in [-0.25, -0.2) is 14.6 Å². The average Bonchev–Trinajstić information content (AvgIpc) is 3.68. The monoisotopic (exact) mass is 811 g/mol. The Hall–Kier alpha value is -6.55. The van der Waals surface area contributed by atoms with Gasteiger partial charge in [0.1, 0.15) is 28.8 Å². The number of amides is 3. The minimum atomic E-state index is -0.915. The molecule has 2 saturated carbocycles. The minimum Gasteiger partial charge on any atom is -0.380 e. The smallest absolute Gasteiger partial charge is 0.289 e.